The molecule has 4 aliphatic rings. The van der Waals surface area contributed by atoms with E-state index in [9.17, 15) is 4.79 Å². The van der Waals surface area contributed by atoms with Gasteiger partial charge in [-0.25, -0.2) is 0 Å². The Kier molecular flexibility index (Phi) is 3.95. The third kappa shape index (κ3) is 2.57. The van der Waals surface area contributed by atoms with Crippen molar-refractivity contribution in [1.82, 2.24) is 5.32 Å². The molecule has 1 aromatic carbocycles. The summed E-state index contributed by atoms with van der Waals surface area (Å²) in [4.78, 5) is 13.0. The topological polar surface area (TPSA) is 55.1 Å². The average molecular weight is 326 g/mol. The van der Waals surface area contributed by atoms with E-state index in [2.05, 4.69) is 36.5 Å². The van der Waals surface area contributed by atoms with Gasteiger partial charge in [0.2, 0.25) is 5.91 Å². The molecular weight excluding hydrogens is 296 g/mol. The lowest BCUT2D eigenvalue weighted by molar-refractivity contribution is -0.149. The van der Waals surface area contributed by atoms with Gasteiger partial charge in [-0.15, -0.1) is 0 Å². The molecule has 0 saturated heterocycles. The van der Waals surface area contributed by atoms with E-state index in [0.29, 0.717) is 12.5 Å². The van der Waals surface area contributed by atoms with Crippen molar-refractivity contribution < 1.29 is 4.79 Å². The van der Waals surface area contributed by atoms with Crippen LogP contribution in [0.1, 0.15) is 56.1 Å². The normalized spacial score (nSPS) is 36.8. The summed E-state index contributed by atoms with van der Waals surface area (Å²) in [6.07, 6.45) is 8.03. The average Bonchev–Trinajstić information content (AvgIpc) is 2.54. The molecule has 0 aliphatic heterocycles. The second-order valence-electron chi connectivity index (χ2n) is 8.79. The molecule has 0 spiro atoms. The first kappa shape index (κ1) is 16.1. The minimum Gasteiger partial charge on any atom is -0.356 e. The zero-order valence-electron chi connectivity index (χ0n) is 14.8. The maximum Gasteiger partial charge on any atom is 0.226 e. The van der Waals surface area contributed by atoms with Crippen molar-refractivity contribution in [3.63, 3.8) is 0 Å². The van der Waals surface area contributed by atoms with E-state index in [1.807, 2.05) is 0 Å². The van der Waals surface area contributed by atoms with Gasteiger partial charge in [-0.05, 0) is 81.2 Å². The van der Waals surface area contributed by atoms with Crippen LogP contribution in [-0.2, 0) is 10.2 Å². The molecule has 0 aromatic heterocycles. The Labute approximate surface area is 145 Å². The maximum atomic E-state index is 13.0. The van der Waals surface area contributed by atoms with E-state index >= 15 is 0 Å². The molecule has 1 aromatic rings. The van der Waals surface area contributed by atoms with Crippen LogP contribution >= 0.6 is 0 Å². The highest BCUT2D eigenvalue weighted by Crippen LogP contribution is 2.65. The Morgan fingerprint density at radius 2 is 1.83 bits per heavy atom. The van der Waals surface area contributed by atoms with Gasteiger partial charge in [-0.1, -0.05) is 29.8 Å². The minimum absolute atomic E-state index is 0.121. The van der Waals surface area contributed by atoms with Crippen LogP contribution in [0, 0.1) is 24.2 Å². The molecule has 2 unspecified atom stereocenters. The van der Waals surface area contributed by atoms with Gasteiger partial charge in [0, 0.05) is 6.54 Å². The van der Waals surface area contributed by atoms with Crippen LogP contribution in [0.25, 0.3) is 0 Å². The van der Waals surface area contributed by atoms with Crippen LogP contribution in [0.5, 0.6) is 0 Å². The van der Waals surface area contributed by atoms with Crippen LogP contribution in [0.2, 0.25) is 0 Å². The SMILES string of the molecule is Cc1ccc(C23CC4CC(CC(C(=O)NCCCN)(C4)C2)C3)cc1. The number of amides is 1. The molecule has 130 valence electrons. The van der Waals surface area contributed by atoms with E-state index in [1.165, 1.54) is 30.4 Å². The number of hydrogen-bond donors (Lipinski definition) is 2. The summed E-state index contributed by atoms with van der Waals surface area (Å²) >= 11 is 0. The fraction of sp³-hybridized carbons (Fsp3) is 0.667. The fourth-order valence-corrected chi connectivity index (χ4v) is 6.26. The molecule has 24 heavy (non-hydrogen) atoms. The standard InChI is InChI=1S/C21H30N2O/c1-15-3-5-18(6-4-15)20-10-16-9-17(11-20)13-21(12-16,14-20)19(24)23-8-2-7-22/h3-6,16-17H,2,7-14,22H2,1H3,(H,23,24). The van der Waals surface area contributed by atoms with E-state index in [4.69, 9.17) is 5.73 Å². The first-order valence-corrected chi connectivity index (χ1v) is 9.61. The highest BCUT2D eigenvalue weighted by molar-refractivity contribution is 5.83. The van der Waals surface area contributed by atoms with Crippen molar-refractivity contribution in [3.8, 4) is 0 Å². The van der Waals surface area contributed by atoms with Crippen LogP contribution in [0.15, 0.2) is 24.3 Å². The fourth-order valence-electron chi connectivity index (χ4n) is 6.26. The molecule has 4 saturated carbocycles. The van der Waals surface area contributed by atoms with Crippen LogP contribution in [-0.4, -0.2) is 19.0 Å². The summed E-state index contributed by atoms with van der Waals surface area (Å²) in [6, 6.07) is 9.12. The van der Waals surface area contributed by atoms with Gasteiger partial charge in [0.15, 0.2) is 0 Å². The Balaban J connectivity index is 1.62. The summed E-state index contributed by atoms with van der Waals surface area (Å²) in [5, 5.41) is 3.20. The van der Waals surface area contributed by atoms with Gasteiger partial charge >= 0.3 is 0 Å². The van der Waals surface area contributed by atoms with Crippen LogP contribution < -0.4 is 11.1 Å². The van der Waals surface area contributed by atoms with E-state index in [0.717, 1.165) is 44.1 Å². The first-order valence-electron chi connectivity index (χ1n) is 9.61. The molecule has 0 radical (unpaired) electrons. The molecule has 4 fully saturated rings. The quantitative estimate of drug-likeness (QED) is 0.816. The van der Waals surface area contributed by atoms with Crippen molar-refractivity contribution >= 4 is 5.91 Å². The van der Waals surface area contributed by atoms with Crippen molar-refractivity contribution in [2.24, 2.45) is 23.0 Å². The monoisotopic (exact) mass is 326 g/mol. The number of carbonyl (C=O) groups is 1. The van der Waals surface area contributed by atoms with Crippen molar-refractivity contribution in [1.29, 1.82) is 0 Å². The summed E-state index contributed by atoms with van der Waals surface area (Å²) in [5.41, 5.74) is 8.49. The van der Waals surface area contributed by atoms with Crippen molar-refractivity contribution in [2.75, 3.05) is 13.1 Å². The van der Waals surface area contributed by atoms with Crippen molar-refractivity contribution in [3.05, 3.63) is 35.4 Å². The van der Waals surface area contributed by atoms with Gasteiger partial charge in [-0.2, -0.15) is 0 Å². The zero-order chi connectivity index (χ0) is 16.8. The minimum atomic E-state index is -0.121. The largest absolute Gasteiger partial charge is 0.356 e. The van der Waals surface area contributed by atoms with E-state index in [1.54, 1.807) is 0 Å². The summed E-state index contributed by atoms with van der Waals surface area (Å²) in [7, 11) is 0. The number of benzene rings is 1. The molecule has 4 bridgehead atoms. The number of hydrogen-bond acceptors (Lipinski definition) is 2. The number of rotatable bonds is 5. The van der Waals surface area contributed by atoms with Gasteiger partial charge in [-0.3, -0.25) is 4.79 Å². The van der Waals surface area contributed by atoms with E-state index < -0.39 is 0 Å². The second kappa shape index (κ2) is 5.87. The number of aryl methyl sites for hydroxylation is 1. The summed E-state index contributed by atoms with van der Waals surface area (Å²) < 4.78 is 0. The van der Waals surface area contributed by atoms with Gasteiger partial charge in [0.25, 0.3) is 0 Å². The lowest BCUT2D eigenvalue weighted by atomic mass is 9.42. The predicted octanol–water partition coefficient (Wildman–Crippen LogP) is 3.30. The molecule has 5 rings (SSSR count). The predicted molar refractivity (Wildman–Crippen MR) is 96.7 cm³/mol. The smallest absolute Gasteiger partial charge is 0.226 e. The molecule has 3 N–H and O–H groups in total. The van der Waals surface area contributed by atoms with E-state index in [-0.39, 0.29) is 10.8 Å². The number of carbonyl (C=O) groups excluding carboxylic acids is 1. The van der Waals surface area contributed by atoms with Gasteiger partial charge in [0.1, 0.15) is 0 Å². The third-order valence-electron chi connectivity index (χ3n) is 6.87. The number of nitrogens with two attached hydrogens (primary N) is 1. The highest BCUT2D eigenvalue weighted by atomic mass is 16.2. The Morgan fingerprint density at radius 1 is 1.17 bits per heavy atom. The van der Waals surface area contributed by atoms with Crippen molar-refractivity contribution in [2.45, 2.75) is 57.3 Å². The second-order valence-corrected chi connectivity index (χ2v) is 8.79. The maximum absolute atomic E-state index is 13.0. The molecule has 2 atom stereocenters. The lowest BCUT2D eigenvalue weighted by Crippen LogP contribution is -2.59. The lowest BCUT2D eigenvalue weighted by Gasteiger charge is -2.61. The third-order valence-corrected chi connectivity index (χ3v) is 6.87. The summed E-state index contributed by atoms with van der Waals surface area (Å²) in [5.74, 6) is 1.77. The highest BCUT2D eigenvalue weighted by Gasteiger charge is 2.60. The number of nitrogens with one attached hydrogen (secondary N) is 1. The molecular formula is C21H30N2O. The van der Waals surface area contributed by atoms with Gasteiger partial charge < -0.3 is 11.1 Å². The first-order chi connectivity index (χ1) is 11.6. The zero-order valence-corrected chi connectivity index (χ0v) is 14.8. The van der Waals surface area contributed by atoms with Gasteiger partial charge in [0.05, 0.1) is 5.41 Å². The Morgan fingerprint density at radius 3 is 2.46 bits per heavy atom. The molecule has 3 nitrogen and oxygen atoms in total. The summed E-state index contributed by atoms with van der Waals surface area (Å²) in [6.45, 7) is 3.52. The molecule has 0 heterocycles. The Bertz CT molecular complexity index is 607. The molecule has 4 aliphatic carbocycles. The van der Waals surface area contributed by atoms with Crippen LogP contribution in [0.4, 0.5) is 0 Å². The molecule has 1 amide bonds. The Hall–Kier alpha value is -1.35. The van der Waals surface area contributed by atoms with Crippen LogP contribution in [0.3, 0.4) is 0 Å². The molecule has 3 heteroatoms.